The fourth-order valence-corrected chi connectivity index (χ4v) is 4.34. The minimum atomic E-state index is 0.0241. The molecule has 156 valence electrons. The van der Waals surface area contributed by atoms with Crippen LogP contribution < -0.4 is 5.32 Å². The highest BCUT2D eigenvalue weighted by atomic mass is 16.2. The molecular weight excluding hydrogens is 376 g/mol. The van der Waals surface area contributed by atoms with Crippen LogP contribution in [0.15, 0.2) is 42.6 Å². The number of fused-ring (bicyclic) bond motifs is 1. The average molecular weight is 405 g/mol. The summed E-state index contributed by atoms with van der Waals surface area (Å²) in [4.78, 5) is 26.5. The Hall–Kier alpha value is -3.15. The van der Waals surface area contributed by atoms with Crippen LogP contribution >= 0.6 is 0 Å². The third-order valence-electron chi connectivity index (χ3n) is 6.19. The Bertz CT molecular complexity index is 1070. The van der Waals surface area contributed by atoms with Gasteiger partial charge in [0.1, 0.15) is 0 Å². The topological polar surface area (TPSA) is 78.1 Å². The molecule has 2 amide bonds. The van der Waals surface area contributed by atoms with E-state index >= 15 is 0 Å². The van der Waals surface area contributed by atoms with Gasteiger partial charge >= 0.3 is 0 Å². The molecule has 6 heteroatoms. The fourth-order valence-electron chi connectivity index (χ4n) is 4.34. The standard InChI is InChI=1S/C24H28N4O2/c1-4-23(29)26-19-9-10-20(13-19)28(3)24(30)17-7-5-16(6-8-17)21-12-18-14-25-27-22(18)11-15(21)2/h5-8,11-12,14,19-20H,4,9-10,13H2,1-3H3,(H,25,27)(H,26,29). The molecular formula is C24H28N4O2. The number of rotatable bonds is 5. The minimum Gasteiger partial charge on any atom is -0.353 e. The first-order chi connectivity index (χ1) is 14.5. The summed E-state index contributed by atoms with van der Waals surface area (Å²) in [5.41, 5.74) is 5.09. The zero-order valence-electron chi connectivity index (χ0n) is 17.7. The van der Waals surface area contributed by atoms with Crippen molar-refractivity contribution in [3.8, 4) is 11.1 Å². The third kappa shape index (κ3) is 3.95. The van der Waals surface area contributed by atoms with Gasteiger partial charge in [-0.1, -0.05) is 19.1 Å². The van der Waals surface area contributed by atoms with E-state index in [9.17, 15) is 9.59 Å². The minimum absolute atomic E-state index is 0.0241. The molecule has 2 N–H and O–H groups in total. The summed E-state index contributed by atoms with van der Waals surface area (Å²) < 4.78 is 0. The molecule has 2 atom stereocenters. The summed E-state index contributed by atoms with van der Waals surface area (Å²) in [7, 11) is 1.86. The number of amides is 2. The number of H-pyrrole nitrogens is 1. The lowest BCUT2D eigenvalue weighted by Gasteiger charge is -2.25. The molecule has 6 nitrogen and oxygen atoms in total. The molecule has 0 radical (unpaired) electrons. The molecule has 4 rings (SSSR count). The van der Waals surface area contributed by atoms with Crippen molar-refractivity contribution >= 4 is 22.7 Å². The van der Waals surface area contributed by atoms with Crippen molar-refractivity contribution in [2.24, 2.45) is 0 Å². The monoisotopic (exact) mass is 404 g/mol. The Balaban J connectivity index is 1.46. The lowest BCUT2D eigenvalue weighted by molar-refractivity contribution is -0.121. The number of carbonyl (C=O) groups excluding carboxylic acids is 2. The first kappa shape index (κ1) is 20.1. The molecule has 1 aromatic heterocycles. The van der Waals surface area contributed by atoms with E-state index in [1.807, 2.05) is 49.3 Å². The summed E-state index contributed by atoms with van der Waals surface area (Å²) in [5.74, 6) is 0.102. The van der Waals surface area contributed by atoms with Crippen molar-refractivity contribution < 1.29 is 9.59 Å². The van der Waals surface area contributed by atoms with Crippen LogP contribution in [0.1, 0.15) is 48.5 Å². The quantitative estimate of drug-likeness (QED) is 0.673. The number of hydrogen-bond acceptors (Lipinski definition) is 3. The zero-order valence-corrected chi connectivity index (χ0v) is 17.7. The van der Waals surface area contributed by atoms with Gasteiger partial charge in [0.25, 0.3) is 5.91 Å². The Labute approximate surface area is 176 Å². The van der Waals surface area contributed by atoms with Gasteiger partial charge in [0.2, 0.25) is 5.91 Å². The number of aryl methyl sites for hydroxylation is 1. The first-order valence-electron chi connectivity index (χ1n) is 10.6. The number of carbonyl (C=O) groups is 2. The van der Waals surface area contributed by atoms with Crippen molar-refractivity contribution in [2.45, 2.75) is 51.6 Å². The van der Waals surface area contributed by atoms with Gasteiger partial charge in [0, 0.05) is 36.5 Å². The summed E-state index contributed by atoms with van der Waals surface area (Å²) in [6.07, 6.45) is 4.97. The van der Waals surface area contributed by atoms with E-state index in [0.29, 0.717) is 12.0 Å². The predicted molar refractivity (Wildman–Crippen MR) is 118 cm³/mol. The van der Waals surface area contributed by atoms with Crippen LogP contribution in [0.4, 0.5) is 0 Å². The maximum Gasteiger partial charge on any atom is 0.253 e. The second kappa shape index (κ2) is 8.30. The van der Waals surface area contributed by atoms with E-state index in [2.05, 4.69) is 34.6 Å². The molecule has 0 bridgehead atoms. The van der Waals surface area contributed by atoms with E-state index in [-0.39, 0.29) is 23.9 Å². The van der Waals surface area contributed by atoms with Gasteiger partial charge in [-0.3, -0.25) is 14.7 Å². The van der Waals surface area contributed by atoms with E-state index in [0.717, 1.165) is 46.9 Å². The Morgan fingerprint density at radius 2 is 1.97 bits per heavy atom. The highest BCUT2D eigenvalue weighted by Crippen LogP contribution is 2.29. The van der Waals surface area contributed by atoms with E-state index < -0.39 is 0 Å². The number of hydrogen-bond donors (Lipinski definition) is 2. The average Bonchev–Trinajstić information content (AvgIpc) is 3.41. The molecule has 1 aliphatic carbocycles. The molecule has 2 unspecified atom stereocenters. The number of aromatic nitrogens is 2. The fraction of sp³-hybridized carbons (Fsp3) is 0.375. The molecule has 1 saturated carbocycles. The summed E-state index contributed by atoms with van der Waals surface area (Å²) in [6, 6.07) is 12.4. The normalized spacial score (nSPS) is 18.5. The van der Waals surface area contributed by atoms with Gasteiger partial charge in [-0.25, -0.2) is 0 Å². The van der Waals surface area contributed by atoms with Crippen molar-refractivity contribution in [2.75, 3.05) is 7.05 Å². The largest absolute Gasteiger partial charge is 0.353 e. The van der Waals surface area contributed by atoms with E-state index in [4.69, 9.17) is 0 Å². The van der Waals surface area contributed by atoms with Crippen LogP contribution in [-0.2, 0) is 4.79 Å². The van der Waals surface area contributed by atoms with Gasteiger partial charge in [0.05, 0.1) is 11.7 Å². The molecule has 0 aliphatic heterocycles. The highest BCUT2D eigenvalue weighted by Gasteiger charge is 2.30. The van der Waals surface area contributed by atoms with Crippen molar-refractivity contribution in [3.05, 3.63) is 53.7 Å². The second-order valence-electron chi connectivity index (χ2n) is 8.20. The predicted octanol–water partition coefficient (Wildman–Crippen LogP) is 4.06. The third-order valence-corrected chi connectivity index (χ3v) is 6.19. The highest BCUT2D eigenvalue weighted by molar-refractivity contribution is 5.95. The van der Waals surface area contributed by atoms with E-state index in [1.54, 1.807) is 0 Å². The summed E-state index contributed by atoms with van der Waals surface area (Å²) in [6.45, 7) is 3.94. The molecule has 1 heterocycles. The maximum absolute atomic E-state index is 13.0. The van der Waals surface area contributed by atoms with Gasteiger partial charge < -0.3 is 10.2 Å². The first-order valence-corrected chi connectivity index (χ1v) is 10.6. The number of nitrogens with one attached hydrogen (secondary N) is 2. The number of nitrogens with zero attached hydrogens (tertiary/aromatic N) is 2. The van der Waals surface area contributed by atoms with Gasteiger partial charge in [-0.2, -0.15) is 5.10 Å². The van der Waals surface area contributed by atoms with Crippen LogP contribution in [0.5, 0.6) is 0 Å². The Morgan fingerprint density at radius 3 is 2.70 bits per heavy atom. The summed E-state index contributed by atoms with van der Waals surface area (Å²) in [5, 5.41) is 11.2. The van der Waals surface area contributed by atoms with Gasteiger partial charge in [-0.15, -0.1) is 0 Å². The van der Waals surface area contributed by atoms with Crippen molar-refractivity contribution in [1.29, 1.82) is 0 Å². The van der Waals surface area contributed by atoms with Crippen molar-refractivity contribution in [3.63, 3.8) is 0 Å². The summed E-state index contributed by atoms with van der Waals surface area (Å²) >= 11 is 0. The molecule has 0 spiro atoms. The van der Waals surface area contributed by atoms with Crippen LogP contribution in [0.25, 0.3) is 22.0 Å². The van der Waals surface area contributed by atoms with Crippen LogP contribution in [0.2, 0.25) is 0 Å². The number of aromatic amines is 1. The Kier molecular flexibility index (Phi) is 5.57. The SMILES string of the molecule is CCC(=O)NC1CCC(N(C)C(=O)c2ccc(-c3cc4cn[nH]c4cc3C)cc2)C1. The molecule has 3 aromatic rings. The van der Waals surface area contributed by atoms with E-state index in [1.165, 1.54) is 0 Å². The second-order valence-corrected chi connectivity index (χ2v) is 8.20. The van der Waals surface area contributed by atoms with Crippen LogP contribution in [0.3, 0.4) is 0 Å². The number of benzene rings is 2. The Morgan fingerprint density at radius 1 is 1.20 bits per heavy atom. The van der Waals surface area contributed by atoms with Gasteiger partial charge in [-0.05, 0) is 67.1 Å². The smallest absolute Gasteiger partial charge is 0.253 e. The molecule has 2 aromatic carbocycles. The maximum atomic E-state index is 13.0. The van der Waals surface area contributed by atoms with Gasteiger partial charge in [0.15, 0.2) is 0 Å². The lowest BCUT2D eigenvalue weighted by Crippen LogP contribution is -2.38. The molecule has 1 aliphatic rings. The zero-order chi connectivity index (χ0) is 21.3. The lowest BCUT2D eigenvalue weighted by atomic mass is 9.97. The molecule has 1 fully saturated rings. The van der Waals surface area contributed by atoms with Crippen LogP contribution in [0, 0.1) is 6.92 Å². The van der Waals surface area contributed by atoms with Crippen molar-refractivity contribution in [1.82, 2.24) is 20.4 Å². The molecule has 0 saturated heterocycles. The van der Waals surface area contributed by atoms with Crippen LogP contribution in [-0.4, -0.2) is 46.0 Å². The molecule has 30 heavy (non-hydrogen) atoms.